The molecule has 2 rings (SSSR count). The zero-order chi connectivity index (χ0) is 15.6. The van der Waals surface area contributed by atoms with Gasteiger partial charge in [0.25, 0.3) is 0 Å². The van der Waals surface area contributed by atoms with Crippen molar-refractivity contribution < 1.29 is 4.79 Å². The average Bonchev–Trinajstić information content (AvgIpc) is 2.59. The third kappa shape index (κ3) is 5.18. The van der Waals surface area contributed by atoms with Gasteiger partial charge in [-0.05, 0) is 12.0 Å². The maximum absolute atomic E-state index is 12.2. The monoisotopic (exact) mass is 297 g/mol. The van der Waals surface area contributed by atoms with Crippen molar-refractivity contribution in [2.75, 3.05) is 0 Å². The fourth-order valence-electron chi connectivity index (χ4n) is 2.73. The van der Waals surface area contributed by atoms with Gasteiger partial charge in [-0.2, -0.15) is 0 Å². The van der Waals surface area contributed by atoms with E-state index in [2.05, 4.69) is 31.2 Å². The van der Waals surface area contributed by atoms with Crippen molar-refractivity contribution in [3.8, 4) is 0 Å². The van der Waals surface area contributed by atoms with Crippen molar-refractivity contribution >= 4 is 5.91 Å². The van der Waals surface area contributed by atoms with Crippen molar-refractivity contribution in [1.29, 1.82) is 0 Å². The van der Waals surface area contributed by atoms with Gasteiger partial charge in [0.15, 0.2) is 0 Å². The topological polar surface area (TPSA) is 20.3 Å². The number of allylic oxidation sites excluding steroid dienone is 2. The molecule has 22 heavy (non-hydrogen) atoms. The summed E-state index contributed by atoms with van der Waals surface area (Å²) in [5.41, 5.74) is 1.26. The van der Waals surface area contributed by atoms with Crippen LogP contribution in [0.25, 0.3) is 0 Å². The minimum absolute atomic E-state index is 0.203. The number of carbonyl (C=O) groups is 1. The van der Waals surface area contributed by atoms with Crippen molar-refractivity contribution in [2.24, 2.45) is 0 Å². The lowest BCUT2D eigenvalue weighted by Crippen LogP contribution is -2.21. The van der Waals surface area contributed by atoms with Gasteiger partial charge in [0.1, 0.15) is 0 Å². The second-order valence-corrected chi connectivity index (χ2v) is 5.94. The highest BCUT2D eigenvalue weighted by Gasteiger charge is 2.13. The van der Waals surface area contributed by atoms with Gasteiger partial charge in [-0.15, -0.1) is 0 Å². The summed E-state index contributed by atoms with van der Waals surface area (Å²) in [5.74, 6) is 0.480. The van der Waals surface area contributed by atoms with Gasteiger partial charge in [0.2, 0.25) is 5.91 Å². The van der Waals surface area contributed by atoms with E-state index >= 15 is 0 Å². The number of carbonyl (C=O) groups excluding carboxylic acids is 1. The zero-order valence-electron chi connectivity index (χ0n) is 13.6. The van der Waals surface area contributed by atoms with Crippen molar-refractivity contribution in [1.82, 2.24) is 4.90 Å². The van der Waals surface area contributed by atoms with E-state index in [0.717, 1.165) is 6.42 Å². The van der Waals surface area contributed by atoms with E-state index in [0.29, 0.717) is 6.42 Å². The molecule has 2 heteroatoms. The largest absolute Gasteiger partial charge is 0.295 e. The number of rotatable bonds is 8. The van der Waals surface area contributed by atoms with E-state index in [1.54, 1.807) is 4.90 Å². The Bertz CT molecular complexity index is 490. The molecule has 0 bridgehead atoms. The van der Waals surface area contributed by atoms with Crippen LogP contribution in [0.2, 0.25) is 0 Å². The summed E-state index contributed by atoms with van der Waals surface area (Å²) < 4.78 is 0. The minimum Gasteiger partial charge on any atom is -0.295 e. The van der Waals surface area contributed by atoms with Gasteiger partial charge in [-0.3, -0.25) is 9.69 Å². The SMILES string of the molecule is CCCCCCCCC(=O)N1C=CC(c2ccccc2)C=C1. The fourth-order valence-corrected chi connectivity index (χ4v) is 2.73. The summed E-state index contributed by atoms with van der Waals surface area (Å²) >= 11 is 0. The molecule has 0 N–H and O–H groups in total. The molecule has 2 nitrogen and oxygen atoms in total. The molecule has 1 aliphatic rings. The summed E-state index contributed by atoms with van der Waals surface area (Å²) in [4.78, 5) is 13.9. The Balaban J connectivity index is 1.71. The van der Waals surface area contributed by atoms with Crippen molar-refractivity contribution in [3.05, 3.63) is 60.4 Å². The molecule has 1 aliphatic heterocycles. The number of nitrogens with zero attached hydrogens (tertiary/aromatic N) is 1. The molecule has 0 saturated carbocycles. The quantitative estimate of drug-likeness (QED) is 0.589. The van der Waals surface area contributed by atoms with Crippen LogP contribution in [0, 0.1) is 0 Å². The van der Waals surface area contributed by atoms with E-state index in [9.17, 15) is 4.79 Å². The van der Waals surface area contributed by atoms with Crippen LogP contribution in [0.3, 0.4) is 0 Å². The smallest absolute Gasteiger partial charge is 0.230 e. The first kappa shape index (κ1) is 16.5. The second kappa shape index (κ2) is 9.24. The highest BCUT2D eigenvalue weighted by Crippen LogP contribution is 2.23. The second-order valence-electron chi connectivity index (χ2n) is 5.94. The predicted molar refractivity (Wildman–Crippen MR) is 92.3 cm³/mol. The van der Waals surface area contributed by atoms with Crippen LogP contribution in [0.5, 0.6) is 0 Å². The Morgan fingerprint density at radius 3 is 2.27 bits per heavy atom. The Labute approximate surface area is 134 Å². The van der Waals surface area contributed by atoms with E-state index in [-0.39, 0.29) is 11.8 Å². The van der Waals surface area contributed by atoms with E-state index in [1.807, 2.05) is 30.6 Å². The number of unbranched alkanes of at least 4 members (excludes halogenated alkanes) is 5. The van der Waals surface area contributed by atoms with Crippen molar-refractivity contribution in [2.45, 2.75) is 57.8 Å². The number of benzene rings is 1. The molecule has 1 aromatic carbocycles. The van der Waals surface area contributed by atoms with Gasteiger partial charge in [-0.1, -0.05) is 81.5 Å². The Kier molecular flexibility index (Phi) is 6.95. The summed E-state index contributed by atoms with van der Waals surface area (Å²) in [5, 5.41) is 0. The molecular weight excluding hydrogens is 270 g/mol. The number of hydrogen-bond donors (Lipinski definition) is 0. The minimum atomic E-state index is 0.203. The number of amides is 1. The molecule has 0 atom stereocenters. The lowest BCUT2D eigenvalue weighted by molar-refractivity contribution is -0.126. The molecular formula is C20H27NO. The van der Waals surface area contributed by atoms with Gasteiger partial charge in [-0.25, -0.2) is 0 Å². The summed E-state index contributed by atoms with van der Waals surface area (Å²) in [7, 11) is 0. The Hall–Kier alpha value is -1.83. The van der Waals surface area contributed by atoms with Crippen LogP contribution in [0.4, 0.5) is 0 Å². The highest BCUT2D eigenvalue weighted by molar-refractivity contribution is 5.78. The lowest BCUT2D eigenvalue weighted by Gasteiger charge is -2.20. The number of hydrogen-bond acceptors (Lipinski definition) is 1. The summed E-state index contributed by atoms with van der Waals surface area (Å²) in [6, 6.07) is 10.4. The van der Waals surface area contributed by atoms with Gasteiger partial charge < -0.3 is 0 Å². The van der Waals surface area contributed by atoms with Crippen LogP contribution >= 0.6 is 0 Å². The Morgan fingerprint density at radius 1 is 0.955 bits per heavy atom. The van der Waals surface area contributed by atoms with E-state index < -0.39 is 0 Å². The van der Waals surface area contributed by atoms with Crippen LogP contribution in [-0.4, -0.2) is 10.8 Å². The third-order valence-electron chi connectivity index (χ3n) is 4.12. The zero-order valence-corrected chi connectivity index (χ0v) is 13.6. The van der Waals surface area contributed by atoms with Crippen LogP contribution in [-0.2, 0) is 4.79 Å². The molecule has 0 unspecified atom stereocenters. The van der Waals surface area contributed by atoms with Crippen molar-refractivity contribution in [3.63, 3.8) is 0 Å². The molecule has 0 saturated heterocycles. The van der Waals surface area contributed by atoms with Crippen LogP contribution in [0.1, 0.15) is 63.4 Å². The maximum Gasteiger partial charge on any atom is 0.230 e. The first-order valence-electron chi connectivity index (χ1n) is 8.54. The maximum atomic E-state index is 12.2. The molecule has 1 heterocycles. The Morgan fingerprint density at radius 2 is 1.59 bits per heavy atom. The van der Waals surface area contributed by atoms with Gasteiger partial charge in [0.05, 0.1) is 0 Å². The molecule has 0 spiro atoms. The standard InChI is InChI=1S/C20H27NO/c1-2-3-4-5-6-10-13-20(22)21-16-14-19(15-17-21)18-11-8-7-9-12-18/h7-9,11-12,14-17,19H,2-6,10,13H2,1H3. The lowest BCUT2D eigenvalue weighted by atomic mass is 9.97. The van der Waals surface area contributed by atoms with E-state index in [1.165, 1.54) is 37.7 Å². The molecule has 0 aliphatic carbocycles. The summed E-state index contributed by atoms with van der Waals surface area (Å²) in [6.07, 6.45) is 16.0. The average molecular weight is 297 g/mol. The highest BCUT2D eigenvalue weighted by atomic mass is 16.2. The van der Waals surface area contributed by atoms with Crippen LogP contribution in [0.15, 0.2) is 54.9 Å². The molecule has 0 radical (unpaired) electrons. The third-order valence-corrected chi connectivity index (χ3v) is 4.12. The predicted octanol–water partition coefficient (Wildman–Crippen LogP) is 5.39. The van der Waals surface area contributed by atoms with Gasteiger partial charge in [0, 0.05) is 24.7 Å². The van der Waals surface area contributed by atoms with E-state index in [4.69, 9.17) is 0 Å². The fraction of sp³-hybridized carbons (Fsp3) is 0.450. The van der Waals surface area contributed by atoms with Gasteiger partial charge >= 0.3 is 0 Å². The molecule has 0 fully saturated rings. The molecule has 118 valence electrons. The molecule has 1 amide bonds. The summed E-state index contributed by atoms with van der Waals surface area (Å²) in [6.45, 7) is 2.22. The normalized spacial score (nSPS) is 14.5. The first-order valence-corrected chi connectivity index (χ1v) is 8.54. The molecule has 0 aromatic heterocycles. The van der Waals surface area contributed by atoms with Crippen LogP contribution < -0.4 is 0 Å². The first-order chi connectivity index (χ1) is 10.8. The molecule has 1 aromatic rings.